The lowest BCUT2D eigenvalue weighted by Crippen LogP contribution is -2.04. The molecule has 0 radical (unpaired) electrons. The van der Waals surface area contributed by atoms with Gasteiger partial charge in [-0.2, -0.15) is 20.1 Å². The first kappa shape index (κ1) is 11.1. The Bertz CT molecular complexity index is 685. The fraction of sp³-hybridized carbons (Fsp3) is 0. The molecule has 0 unspecified atom stereocenters. The maximum Gasteiger partial charge on any atom is 0.225 e. The average Bonchev–Trinajstić information content (AvgIpc) is 2.88. The molecule has 0 atom stereocenters. The third-order valence-corrected chi connectivity index (χ3v) is 2.42. The van der Waals surface area contributed by atoms with Crippen LogP contribution in [-0.4, -0.2) is 30.1 Å². The van der Waals surface area contributed by atoms with Crippen molar-refractivity contribution in [2.24, 2.45) is 0 Å². The van der Waals surface area contributed by atoms with Gasteiger partial charge in [0.2, 0.25) is 11.9 Å². The van der Waals surface area contributed by atoms with Crippen molar-refractivity contribution in [3.8, 4) is 22.9 Å². The van der Waals surface area contributed by atoms with E-state index in [1.54, 1.807) is 12.3 Å². The lowest BCUT2D eigenvalue weighted by molar-refractivity contribution is 1.04. The topological polar surface area (TPSA) is 132 Å². The standard InChI is InChI=1S/C11H10N8/c12-10-15-9(16-11(13)17-10)8-5-7(18-19-8)6-3-1-2-4-14-6/h1-5H,(H,18,19)(H4,12,13,15,16,17). The molecular formula is C11H10N8. The van der Waals surface area contributed by atoms with Gasteiger partial charge in [0, 0.05) is 6.20 Å². The number of rotatable bonds is 2. The molecule has 3 rings (SSSR count). The van der Waals surface area contributed by atoms with E-state index in [1.807, 2.05) is 18.2 Å². The van der Waals surface area contributed by atoms with E-state index < -0.39 is 0 Å². The van der Waals surface area contributed by atoms with Crippen LogP contribution in [0, 0.1) is 0 Å². The SMILES string of the molecule is Nc1nc(N)nc(-c2cc(-c3ccccn3)n[nH]2)n1. The lowest BCUT2D eigenvalue weighted by atomic mass is 10.2. The summed E-state index contributed by atoms with van der Waals surface area (Å²) in [6.45, 7) is 0. The van der Waals surface area contributed by atoms with Crippen LogP contribution in [0.1, 0.15) is 0 Å². The van der Waals surface area contributed by atoms with Crippen LogP contribution in [0.15, 0.2) is 30.5 Å². The summed E-state index contributed by atoms with van der Waals surface area (Å²) in [7, 11) is 0. The van der Waals surface area contributed by atoms with Crippen molar-refractivity contribution in [1.29, 1.82) is 0 Å². The van der Waals surface area contributed by atoms with Gasteiger partial charge in [0.1, 0.15) is 11.4 Å². The molecule has 5 N–H and O–H groups in total. The first-order chi connectivity index (χ1) is 9.22. The van der Waals surface area contributed by atoms with E-state index in [-0.39, 0.29) is 11.9 Å². The molecule has 0 spiro atoms. The molecule has 8 heteroatoms. The zero-order valence-corrected chi connectivity index (χ0v) is 9.78. The largest absolute Gasteiger partial charge is 0.368 e. The van der Waals surface area contributed by atoms with Crippen LogP contribution in [-0.2, 0) is 0 Å². The Hall–Kier alpha value is -3.03. The highest BCUT2D eigenvalue weighted by molar-refractivity contribution is 5.62. The molecule has 0 fully saturated rings. The number of nitrogens with zero attached hydrogens (tertiary/aromatic N) is 5. The molecule has 0 aliphatic rings. The van der Waals surface area contributed by atoms with E-state index in [0.29, 0.717) is 17.2 Å². The van der Waals surface area contributed by atoms with Gasteiger partial charge in [-0.15, -0.1) is 0 Å². The number of nitrogen functional groups attached to an aromatic ring is 2. The highest BCUT2D eigenvalue weighted by Gasteiger charge is 2.10. The molecule has 0 aliphatic heterocycles. The Morgan fingerprint density at radius 1 is 0.947 bits per heavy atom. The third-order valence-electron chi connectivity index (χ3n) is 2.42. The van der Waals surface area contributed by atoms with Gasteiger partial charge in [-0.05, 0) is 18.2 Å². The number of aromatic amines is 1. The van der Waals surface area contributed by atoms with Gasteiger partial charge >= 0.3 is 0 Å². The minimum atomic E-state index is 0.0662. The lowest BCUT2D eigenvalue weighted by Gasteiger charge is -1.98. The number of hydrogen-bond donors (Lipinski definition) is 3. The van der Waals surface area contributed by atoms with E-state index >= 15 is 0 Å². The molecule has 3 aromatic heterocycles. The Morgan fingerprint density at radius 3 is 2.42 bits per heavy atom. The van der Waals surface area contributed by atoms with Gasteiger partial charge in [0.25, 0.3) is 0 Å². The number of nitrogens with one attached hydrogen (secondary N) is 1. The second-order valence-corrected chi connectivity index (χ2v) is 3.76. The molecule has 0 aliphatic carbocycles. The third kappa shape index (κ3) is 2.18. The summed E-state index contributed by atoms with van der Waals surface area (Å²) in [4.78, 5) is 15.9. The van der Waals surface area contributed by atoms with Crippen molar-refractivity contribution >= 4 is 11.9 Å². The summed E-state index contributed by atoms with van der Waals surface area (Å²) < 4.78 is 0. The Labute approximate surface area is 108 Å². The van der Waals surface area contributed by atoms with E-state index in [0.717, 1.165) is 5.69 Å². The predicted octanol–water partition coefficient (Wildman–Crippen LogP) is 0.488. The Kier molecular flexibility index (Phi) is 2.53. The second-order valence-electron chi connectivity index (χ2n) is 3.76. The van der Waals surface area contributed by atoms with Crippen molar-refractivity contribution in [2.45, 2.75) is 0 Å². The van der Waals surface area contributed by atoms with E-state index in [2.05, 4.69) is 30.1 Å². The number of anilines is 2. The number of H-pyrrole nitrogens is 1. The normalized spacial score (nSPS) is 10.5. The van der Waals surface area contributed by atoms with Crippen LogP contribution in [0.3, 0.4) is 0 Å². The zero-order valence-electron chi connectivity index (χ0n) is 9.78. The van der Waals surface area contributed by atoms with Crippen LogP contribution < -0.4 is 11.5 Å². The second kappa shape index (κ2) is 4.33. The summed E-state index contributed by atoms with van der Waals surface area (Å²) in [5.74, 6) is 0.479. The summed E-state index contributed by atoms with van der Waals surface area (Å²) in [5.41, 5.74) is 13.1. The zero-order chi connectivity index (χ0) is 13.2. The quantitative estimate of drug-likeness (QED) is 0.606. The monoisotopic (exact) mass is 254 g/mol. The van der Waals surface area contributed by atoms with E-state index in [9.17, 15) is 0 Å². The molecule has 0 saturated heterocycles. The molecule has 3 aromatic rings. The number of hydrogen-bond acceptors (Lipinski definition) is 7. The molecule has 0 bridgehead atoms. The Morgan fingerprint density at radius 2 is 1.74 bits per heavy atom. The molecule has 0 saturated carbocycles. The van der Waals surface area contributed by atoms with Crippen LogP contribution in [0.4, 0.5) is 11.9 Å². The first-order valence-corrected chi connectivity index (χ1v) is 5.46. The van der Waals surface area contributed by atoms with E-state index in [4.69, 9.17) is 11.5 Å². The fourth-order valence-corrected chi connectivity index (χ4v) is 1.61. The molecule has 0 amide bonds. The van der Waals surface area contributed by atoms with Crippen molar-refractivity contribution in [2.75, 3.05) is 11.5 Å². The van der Waals surface area contributed by atoms with Gasteiger partial charge in [0.05, 0.1) is 5.69 Å². The van der Waals surface area contributed by atoms with E-state index in [1.165, 1.54) is 0 Å². The van der Waals surface area contributed by atoms with Crippen LogP contribution >= 0.6 is 0 Å². The number of pyridine rings is 1. The summed E-state index contributed by atoms with van der Waals surface area (Å²) >= 11 is 0. The Balaban J connectivity index is 2.02. The molecule has 0 aromatic carbocycles. The highest BCUT2D eigenvalue weighted by Crippen LogP contribution is 2.20. The summed E-state index contributed by atoms with van der Waals surface area (Å²) in [6.07, 6.45) is 1.70. The minimum absolute atomic E-state index is 0.0662. The van der Waals surface area contributed by atoms with Gasteiger partial charge in [0.15, 0.2) is 5.82 Å². The maximum absolute atomic E-state index is 5.53. The maximum atomic E-state index is 5.53. The minimum Gasteiger partial charge on any atom is -0.368 e. The van der Waals surface area contributed by atoms with Crippen LogP contribution in [0.25, 0.3) is 22.9 Å². The molecule has 3 heterocycles. The smallest absolute Gasteiger partial charge is 0.225 e. The summed E-state index contributed by atoms with van der Waals surface area (Å²) in [6, 6.07) is 7.35. The van der Waals surface area contributed by atoms with Crippen LogP contribution in [0.2, 0.25) is 0 Å². The van der Waals surface area contributed by atoms with Crippen LogP contribution in [0.5, 0.6) is 0 Å². The predicted molar refractivity (Wildman–Crippen MR) is 69.5 cm³/mol. The van der Waals surface area contributed by atoms with Crippen molar-refractivity contribution in [3.05, 3.63) is 30.5 Å². The molecule has 19 heavy (non-hydrogen) atoms. The van der Waals surface area contributed by atoms with Crippen molar-refractivity contribution in [3.63, 3.8) is 0 Å². The molecular weight excluding hydrogens is 244 g/mol. The fourth-order valence-electron chi connectivity index (χ4n) is 1.61. The molecule has 8 nitrogen and oxygen atoms in total. The molecule has 94 valence electrons. The number of nitrogens with two attached hydrogens (primary N) is 2. The number of aromatic nitrogens is 6. The van der Waals surface area contributed by atoms with Gasteiger partial charge in [-0.1, -0.05) is 6.07 Å². The first-order valence-electron chi connectivity index (χ1n) is 5.46. The summed E-state index contributed by atoms with van der Waals surface area (Å²) in [5, 5.41) is 6.97. The van der Waals surface area contributed by atoms with Crippen molar-refractivity contribution < 1.29 is 0 Å². The highest BCUT2D eigenvalue weighted by atomic mass is 15.2. The van der Waals surface area contributed by atoms with Gasteiger partial charge < -0.3 is 11.5 Å². The average molecular weight is 254 g/mol. The van der Waals surface area contributed by atoms with Gasteiger partial charge in [-0.3, -0.25) is 10.1 Å². The van der Waals surface area contributed by atoms with Crippen molar-refractivity contribution in [1.82, 2.24) is 30.1 Å². The van der Waals surface area contributed by atoms with Gasteiger partial charge in [-0.25, -0.2) is 0 Å².